The molecule has 2 N–H and O–H groups in total. The van der Waals surface area contributed by atoms with Gasteiger partial charge in [0, 0.05) is 13.1 Å². The van der Waals surface area contributed by atoms with Gasteiger partial charge < -0.3 is 4.90 Å². The van der Waals surface area contributed by atoms with E-state index in [1.54, 1.807) is 0 Å². The molecule has 108 valence electrons. The molecule has 1 aliphatic heterocycles. The second-order valence-corrected chi connectivity index (χ2v) is 6.30. The van der Waals surface area contributed by atoms with Crippen LogP contribution in [0.1, 0.15) is 23.7 Å². The first-order valence-corrected chi connectivity index (χ1v) is 7.61. The van der Waals surface area contributed by atoms with Crippen molar-refractivity contribution in [3.05, 3.63) is 41.2 Å². The van der Waals surface area contributed by atoms with Crippen LogP contribution in [0.15, 0.2) is 34.7 Å². The minimum atomic E-state index is -3.97. The molecule has 1 aromatic carbocycles. The Morgan fingerprint density at radius 3 is 2.60 bits per heavy atom. The zero-order valence-corrected chi connectivity index (χ0v) is 11.8. The van der Waals surface area contributed by atoms with Gasteiger partial charge in [0.1, 0.15) is 5.82 Å². The highest BCUT2D eigenvalue weighted by Crippen LogP contribution is 2.18. The average molecular weight is 298 g/mol. The van der Waals surface area contributed by atoms with Gasteiger partial charge in [-0.15, -0.1) is 0 Å². The van der Waals surface area contributed by atoms with E-state index in [9.17, 15) is 17.6 Å². The van der Waals surface area contributed by atoms with Crippen LogP contribution in [0, 0.1) is 5.82 Å². The van der Waals surface area contributed by atoms with Gasteiger partial charge in [-0.2, -0.15) is 0 Å². The summed E-state index contributed by atoms with van der Waals surface area (Å²) in [6.07, 6.45) is 2.67. The molecule has 0 radical (unpaired) electrons. The Balaban J connectivity index is 2.28. The van der Waals surface area contributed by atoms with Gasteiger partial charge in [-0.25, -0.2) is 17.9 Å². The molecule has 0 atom stereocenters. The summed E-state index contributed by atoms with van der Waals surface area (Å²) in [5, 5.41) is 4.91. The standard InChI is InChI=1S/C13H15FN2O3S/c1-9-4-6-16(7-5-9)13(17)11-3-2-10(8-12(11)14)20(15,18)19/h2-4,8H,5-7H2,1H3,(H2,15,18,19). The van der Waals surface area contributed by atoms with E-state index in [0.29, 0.717) is 13.1 Å². The molecule has 20 heavy (non-hydrogen) atoms. The second kappa shape index (κ2) is 5.34. The van der Waals surface area contributed by atoms with Crippen LogP contribution in [0.3, 0.4) is 0 Å². The van der Waals surface area contributed by atoms with Gasteiger partial charge in [0.2, 0.25) is 10.0 Å². The SMILES string of the molecule is CC1=CCN(C(=O)c2ccc(S(N)(=O)=O)cc2F)CC1. The first-order valence-electron chi connectivity index (χ1n) is 6.06. The number of hydrogen-bond donors (Lipinski definition) is 1. The molecule has 0 saturated carbocycles. The topological polar surface area (TPSA) is 80.5 Å². The zero-order chi connectivity index (χ0) is 14.9. The normalized spacial score (nSPS) is 15.9. The van der Waals surface area contributed by atoms with Crippen molar-refractivity contribution in [1.29, 1.82) is 0 Å². The molecule has 0 fully saturated rings. The van der Waals surface area contributed by atoms with Crippen molar-refractivity contribution in [2.24, 2.45) is 5.14 Å². The van der Waals surface area contributed by atoms with Crippen molar-refractivity contribution in [2.75, 3.05) is 13.1 Å². The lowest BCUT2D eigenvalue weighted by molar-refractivity contribution is 0.0764. The number of hydrogen-bond acceptors (Lipinski definition) is 3. The van der Waals surface area contributed by atoms with Crippen molar-refractivity contribution < 1.29 is 17.6 Å². The number of nitrogens with zero attached hydrogens (tertiary/aromatic N) is 1. The Bertz CT molecular complexity index is 683. The molecule has 0 spiro atoms. The summed E-state index contributed by atoms with van der Waals surface area (Å²) in [7, 11) is -3.97. The van der Waals surface area contributed by atoms with Crippen molar-refractivity contribution in [2.45, 2.75) is 18.2 Å². The predicted octanol–water partition coefficient (Wildman–Crippen LogP) is 1.27. The molecule has 2 rings (SSSR count). The molecular weight excluding hydrogens is 283 g/mol. The van der Waals surface area contributed by atoms with Gasteiger partial charge in [0.05, 0.1) is 10.5 Å². The molecule has 1 aliphatic rings. The van der Waals surface area contributed by atoms with Gasteiger partial charge >= 0.3 is 0 Å². The van der Waals surface area contributed by atoms with Crippen LogP contribution in [0.4, 0.5) is 4.39 Å². The highest BCUT2D eigenvalue weighted by Gasteiger charge is 2.22. The summed E-state index contributed by atoms with van der Waals surface area (Å²) < 4.78 is 36.1. The summed E-state index contributed by atoms with van der Waals surface area (Å²) in [4.78, 5) is 13.3. The van der Waals surface area contributed by atoms with Gasteiger partial charge in [-0.05, 0) is 31.5 Å². The van der Waals surface area contributed by atoms with E-state index >= 15 is 0 Å². The average Bonchev–Trinajstić information content (AvgIpc) is 2.37. The maximum absolute atomic E-state index is 13.9. The summed E-state index contributed by atoms with van der Waals surface area (Å²) in [5.41, 5.74) is 1.05. The van der Waals surface area contributed by atoms with Crippen LogP contribution in [0.2, 0.25) is 0 Å². The van der Waals surface area contributed by atoms with Crippen LogP contribution >= 0.6 is 0 Å². The third-order valence-corrected chi connectivity index (χ3v) is 4.13. The number of carbonyl (C=O) groups excluding carboxylic acids is 1. The third-order valence-electron chi connectivity index (χ3n) is 3.22. The molecule has 5 nitrogen and oxygen atoms in total. The Morgan fingerprint density at radius 1 is 1.40 bits per heavy atom. The first-order chi connectivity index (χ1) is 9.29. The van der Waals surface area contributed by atoms with E-state index in [1.165, 1.54) is 10.5 Å². The molecule has 0 bridgehead atoms. The zero-order valence-electron chi connectivity index (χ0n) is 11.0. The molecule has 0 saturated heterocycles. The van der Waals surface area contributed by atoms with Crippen molar-refractivity contribution in [1.82, 2.24) is 4.90 Å². The van der Waals surface area contributed by atoms with Crippen LogP contribution in [-0.4, -0.2) is 32.3 Å². The van der Waals surface area contributed by atoms with E-state index in [0.717, 1.165) is 24.6 Å². The largest absolute Gasteiger partial charge is 0.335 e. The summed E-state index contributed by atoms with van der Waals surface area (Å²) in [5.74, 6) is -1.33. The fraction of sp³-hybridized carbons (Fsp3) is 0.308. The highest BCUT2D eigenvalue weighted by molar-refractivity contribution is 7.89. The number of sulfonamides is 1. The fourth-order valence-electron chi connectivity index (χ4n) is 1.97. The minimum absolute atomic E-state index is 0.148. The maximum Gasteiger partial charge on any atom is 0.257 e. The number of nitrogens with two attached hydrogens (primary N) is 1. The number of carbonyl (C=O) groups is 1. The molecule has 1 heterocycles. The predicted molar refractivity (Wildman–Crippen MR) is 72.1 cm³/mol. The number of primary sulfonamides is 1. The van der Waals surface area contributed by atoms with Crippen LogP contribution in [0.25, 0.3) is 0 Å². The molecule has 0 aromatic heterocycles. The van der Waals surface area contributed by atoms with Gasteiger partial charge in [0.25, 0.3) is 5.91 Å². The summed E-state index contributed by atoms with van der Waals surface area (Å²) in [6, 6.07) is 3.06. The molecule has 0 unspecified atom stereocenters. The lowest BCUT2D eigenvalue weighted by Crippen LogP contribution is -2.35. The second-order valence-electron chi connectivity index (χ2n) is 4.74. The Morgan fingerprint density at radius 2 is 2.10 bits per heavy atom. The quantitative estimate of drug-likeness (QED) is 0.835. The van der Waals surface area contributed by atoms with Gasteiger partial charge in [-0.3, -0.25) is 4.79 Å². The fourth-order valence-corrected chi connectivity index (χ4v) is 2.50. The highest BCUT2D eigenvalue weighted by atomic mass is 32.2. The van der Waals surface area contributed by atoms with Crippen LogP contribution in [-0.2, 0) is 10.0 Å². The van der Waals surface area contributed by atoms with E-state index in [2.05, 4.69) is 0 Å². The minimum Gasteiger partial charge on any atom is -0.335 e. The maximum atomic E-state index is 13.9. The third kappa shape index (κ3) is 3.05. The molecular formula is C13H15FN2O3S. The number of amides is 1. The lowest BCUT2D eigenvalue weighted by Gasteiger charge is -2.25. The Hall–Kier alpha value is -1.73. The molecule has 1 amide bonds. The van der Waals surface area contributed by atoms with Crippen molar-refractivity contribution in [3.63, 3.8) is 0 Å². The number of benzene rings is 1. The van der Waals surface area contributed by atoms with E-state index in [1.807, 2.05) is 13.0 Å². The number of halogens is 1. The van der Waals surface area contributed by atoms with Crippen LogP contribution < -0.4 is 5.14 Å². The number of rotatable bonds is 2. The van der Waals surface area contributed by atoms with Crippen LogP contribution in [0.5, 0.6) is 0 Å². The summed E-state index contributed by atoms with van der Waals surface area (Å²) >= 11 is 0. The van der Waals surface area contributed by atoms with Gasteiger partial charge in [-0.1, -0.05) is 11.6 Å². The van der Waals surface area contributed by atoms with Crippen molar-refractivity contribution in [3.8, 4) is 0 Å². The molecule has 0 aliphatic carbocycles. The smallest absolute Gasteiger partial charge is 0.257 e. The monoisotopic (exact) mass is 298 g/mol. The Kier molecular flexibility index (Phi) is 3.92. The van der Waals surface area contributed by atoms with Crippen molar-refractivity contribution >= 4 is 15.9 Å². The first kappa shape index (κ1) is 14.7. The summed E-state index contributed by atoms with van der Waals surface area (Å²) in [6.45, 7) is 2.93. The van der Waals surface area contributed by atoms with E-state index in [4.69, 9.17) is 5.14 Å². The lowest BCUT2D eigenvalue weighted by atomic mass is 10.1. The van der Waals surface area contributed by atoms with Gasteiger partial charge in [0.15, 0.2) is 0 Å². The molecule has 1 aromatic rings. The molecule has 7 heteroatoms. The van der Waals surface area contributed by atoms with E-state index in [-0.39, 0.29) is 10.5 Å². The van der Waals surface area contributed by atoms with E-state index < -0.39 is 21.7 Å². The Labute approximate surface area is 116 Å².